The first-order valence-corrected chi connectivity index (χ1v) is 8.18. The molecule has 0 bridgehead atoms. The lowest BCUT2D eigenvalue weighted by Crippen LogP contribution is -2.53. The SMILES string of the molecule is CN1CCN(C(=O)Nc2cc(C(F)(F)F)ccn2)C(c2ccccc2)C1=O. The Balaban J connectivity index is 1.85. The van der Waals surface area contributed by atoms with Gasteiger partial charge >= 0.3 is 12.2 Å². The van der Waals surface area contributed by atoms with Gasteiger partial charge in [-0.15, -0.1) is 0 Å². The highest BCUT2D eigenvalue weighted by Gasteiger charge is 2.37. The van der Waals surface area contributed by atoms with Crippen LogP contribution in [0.15, 0.2) is 48.7 Å². The molecular formula is C18H17F3N4O2. The molecule has 1 aromatic carbocycles. The van der Waals surface area contributed by atoms with Crippen LogP contribution >= 0.6 is 0 Å². The van der Waals surface area contributed by atoms with Crippen LogP contribution in [-0.4, -0.2) is 46.9 Å². The maximum Gasteiger partial charge on any atom is 0.416 e. The third-order valence-electron chi connectivity index (χ3n) is 4.30. The monoisotopic (exact) mass is 378 g/mol. The molecule has 1 atom stereocenters. The third-order valence-corrected chi connectivity index (χ3v) is 4.30. The maximum absolute atomic E-state index is 12.8. The van der Waals surface area contributed by atoms with Gasteiger partial charge in [-0.2, -0.15) is 13.2 Å². The number of urea groups is 1. The average molecular weight is 378 g/mol. The van der Waals surface area contributed by atoms with Crippen LogP contribution in [0, 0.1) is 0 Å². The van der Waals surface area contributed by atoms with Gasteiger partial charge in [0.2, 0.25) is 5.91 Å². The number of carbonyl (C=O) groups excluding carboxylic acids is 2. The van der Waals surface area contributed by atoms with Crippen molar-refractivity contribution >= 4 is 17.8 Å². The average Bonchev–Trinajstić information content (AvgIpc) is 2.64. The highest BCUT2D eigenvalue weighted by atomic mass is 19.4. The summed E-state index contributed by atoms with van der Waals surface area (Å²) in [7, 11) is 1.64. The van der Waals surface area contributed by atoms with Crippen molar-refractivity contribution in [2.45, 2.75) is 12.2 Å². The van der Waals surface area contributed by atoms with E-state index in [1.165, 1.54) is 9.80 Å². The van der Waals surface area contributed by atoms with E-state index in [-0.39, 0.29) is 18.3 Å². The van der Waals surface area contributed by atoms with Crippen LogP contribution < -0.4 is 5.32 Å². The minimum absolute atomic E-state index is 0.229. The van der Waals surface area contributed by atoms with Gasteiger partial charge in [-0.25, -0.2) is 9.78 Å². The van der Waals surface area contributed by atoms with Crippen LogP contribution in [0.25, 0.3) is 0 Å². The van der Waals surface area contributed by atoms with Gasteiger partial charge in [0.1, 0.15) is 11.9 Å². The molecule has 3 rings (SSSR count). The molecular weight excluding hydrogens is 361 g/mol. The Labute approximate surface area is 153 Å². The van der Waals surface area contributed by atoms with Crippen molar-refractivity contribution < 1.29 is 22.8 Å². The molecule has 0 spiro atoms. The fourth-order valence-corrected chi connectivity index (χ4v) is 2.87. The molecule has 1 aliphatic heterocycles. The molecule has 1 aliphatic rings. The fraction of sp³-hybridized carbons (Fsp3) is 0.278. The summed E-state index contributed by atoms with van der Waals surface area (Å²) in [5.41, 5.74) is -0.289. The van der Waals surface area contributed by atoms with Crippen LogP contribution in [0.3, 0.4) is 0 Å². The van der Waals surface area contributed by atoms with E-state index in [0.29, 0.717) is 12.1 Å². The zero-order valence-corrected chi connectivity index (χ0v) is 14.4. The fourth-order valence-electron chi connectivity index (χ4n) is 2.87. The molecule has 142 valence electrons. The number of anilines is 1. The van der Waals surface area contributed by atoms with Crippen LogP contribution in [0.5, 0.6) is 0 Å². The van der Waals surface area contributed by atoms with E-state index in [1.54, 1.807) is 37.4 Å². The van der Waals surface area contributed by atoms with Gasteiger partial charge in [0.25, 0.3) is 0 Å². The first-order chi connectivity index (χ1) is 12.8. The minimum Gasteiger partial charge on any atom is -0.342 e. The summed E-state index contributed by atoms with van der Waals surface area (Å²) in [5.74, 6) is -0.493. The summed E-state index contributed by atoms with van der Waals surface area (Å²) in [4.78, 5) is 31.9. The smallest absolute Gasteiger partial charge is 0.342 e. The second-order valence-corrected chi connectivity index (χ2v) is 6.12. The third kappa shape index (κ3) is 4.02. The molecule has 1 unspecified atom stereocenters. The van der Waals surface area contributed by atoms with E-state index in [4.69, 9.17) is 0 Å². The van der Waals surface area contributed by atoms with Gasteiger partial charge in [0.05, 0.1) is 5.56 Å². The minimum atomic E-state index is -4.54. The lowest BCUT2D eigenvalue weighted by atomic mass is 10.0. The Morgan fingerprint density at radius 2 is 1.89 bits per heavy atom. The highest BCUT2D eigenvalue weighted by molar-refractivity contribution is 5.94. The van der Waals surface area contributed by atoms with E-state index in [9.17, 15) is 22.8 Å². The van der Waals surface area contributed by atoms with Crippen LogP contribution in [-0.2, 0) is 11.0 Å². The second-order valence-electron chi connectivity index (χ2n) is 6.12. The predicted octanol–water partition coefficient (Wildman–Crippen LogP) is 3.15. The number of nitrogens with zero attached hydrogens (tertiary/aromatic N) is 3. The molecule has 1 saturated heterocycles. The number of amides is 3. The van der Waals surface area contributed by atoms with Crippen molar-refractivity contribution in [2.75, 3.05) is 25.5 Å². The number of hydrogen-bond donors (Lipinski definition) is 1. The maximum atomic E-state index is 12.8. The van der Waals surface area contributed by atoms with Gasteiger partial charge < -0.3 is 9.80 Å². The molecule has 2 aromatic rings. The Kier molecular flexibility index (Phi) is 5.02. The Hall–Kier alpha value is -3.10. The number of benzene rings is 1. The van der Waals surface area contributed by atoms with E-state index >= 15 is 0 Å². The topological polar surface area (TPSA) is 65.5 Å². The lowest BCUT2D eigenvalue weighted by molar-refractivity contribution is -0.138. The zero-order valence-electron chi connectivity index (χ0n) is 14.4. The highest BCUT2D eigenvalue weighted by Crippen LogP contribution is 2.30. The van der Waals surface area contributed by atoms with Crippen molar-refractivity contribution in [2.24, 2.45) is 0 Å². The van der Waals surface area contributed by atoms with Gasteiger partial charge in [-0.1, -0.05) is 30.3 Å². The molecule has 1 aromatic heterocycles. The number of rotatable bonds is 2. The molecule has 1 fully saturated rings. The van der Waals surface area contributed by atoms with Gasteiger partial charge in [-0.3, -0.25) is 10.1 Å². The number of nitrogens with one attached hydrogen (secondary N) is 1. The number of aromatic nitrogens is 1. The number of carbonyl (C=O) groups is 2. The van der Waals surface area contributed by atoms with E-state index in [2.05, 4.69) is 10.3 Å². The summed E-state index contributed by atoms with van der Waals surface area (Å²) in [6.07, 6.45) is -3.57. The van der Waals surface area contributed by atoms with Crippen molar-refractivity contribution in [1.29, 1.82) is 0 Å². The number of halogens is 3. The molecule has 0 saturated carbocycles. The zero-order chi connectivity index (χ0) is 19.6. The quantitative estimate of drug-likeness (QED) is 0.873. The Morgan fingerprint density at radius 3 is 2.56 bits per heavy atom. The predicted molar refractivity (Wildman–Crippen MR) is 91.8 cm³/mol. The molecule has 3 amide bonds. The summed E-state index contributed by atoms with van der Waals surface area (Å²) in [6, 6.07) is 8.79. The standard InChI is InChI=1S/C18H17F3N4O2/c1-24-9-10-25(15(16(24)26)12-5-3-2-4-6-12)17(27)23-14-11-13(7-8-22-14)18(19,20)21/h2-8,11,15H,9-10H2,1H3,(H,22,23,27). The van der Waals surface area contributed by atoms with E-state index in [0.717, 1.165) is 18.3 Å². The van der Waals surface area contributed by atoms with Crippen molar-refractivity contribution in [3.8, 4) is 0 Å². The van der Waals surface area contributed by atoms with E-state index in [1.807, 2.05) is 0 Å². The second kappa shape index (κ2) is 7.26. The van der Waals surface area contributed by atoms with Crippen molar-refractivity contribution in [3.63, 3.8) is 0 Å². The first-order valence-electron chi connectivity index (χ1n) is 8.18. The van der Waals surface area contributed by atoms with Gasteiger partial charge in [-0.05, 0) is 17.7 Å². The number of piperazine rings is 1. The molecule has 9 heteroatoms. The van der Waals surface area contributed by atoms with Crippen LogP contribution in [0.2, 0.25) is 0 Å². The Morgan fingerprint density at radius 1 is 1.19 bits per heavy atom. The number of hydrogen-bond acceptors (Lipinski definition) is 3. The van der Waals surface area contributed by atoms with Crippen molar-refractivity contribution in [3.05, 3.63) is 59.8 Å². The Bertz CT molecular complexity index is 842. The largest absolute Gasteiger partial charge is 0.416 e. The lowest BCUT2D eigenvalue weighted by Gasteiger charge is -2.39. The van der Waals surface area contributed by atoms with Gasteiger partial charge in [0, 0.05) is 26.3 Å². The van der Waals surface area contributed by atoms with Crippen LogP contribution in [0.1, 0.15) is 17.2 Å². The summed E-state index contributed by atoms with van der Waals surface area (Å²) < 4.78 is 38.5. The molecule has 2 heterocycles. The normalized spacial score (nSPS) is 17.8. The molecule has 6 nitrogen and oxygen atoms in total. The molecule has 1 N–H and O–H groups in total. The summed E-state index contributed by atoms with van der Waals surface area (Å²) >= 11 is 0. The molecule has 27 heavy (non-hydrogen) atoms. The van der Waals surface area contributed by atoms with Gasteiger partial charge in [0.15, 0.2) is 0 Å². The number of alkyl halides is 3. The van der Waals surface area contributed by atoms with E-state index < -0.39 is 23.8 Å². The molecule has 0 radical (unpaired) electrons. The summed E-state index contributed by atoms with van der Waals surface area (Å²) in [6.45, 7) is 0.568. The first kappa shape index (κ1) is 18.7. The number of likely N-dealkylation sites (N-methyl/N-ethyl adjacent to an activating group) is 1. The number of pyridine rings is 1. The molecule has 0 aliphatic carbocycles. The van der Waals surface area contributed by atoms with Crippen molar-refractivity contribution in [1.82, 2.24) is 14.8 Å². The van der Waals surface area contributed by atoms with Crippen LogP contribution in [0.4, 0.5) is 23.8 Å². The summed E-state index contributed by atoms with van der Waals surface area (Å²) in [5, 5.41) is 2.36.